The zero-order valence-corrected chi connectivity index (χ0v) is 10.1. The minimum absolute atomic E-state index is 0.181. The molecule has 0 amide bonds. The van der Waals surface area contributed by atoms with Crippen LogP contribution in [0.3, 0.4) is 0 Å². The van der Waals surface area contributed by atoms with Crippen molar-refractivity contribution >= 4 is 7.25 Å². The molecule has 0 radical (unpaired) electrons. The highest BCUT2D eigenvalue weighted by atomic mass is 16.7. The van der Waals surface area contributed by atoms with Gasteiger partial charge in [-0.1, -0.05) is 12.2 Å². The van der Waals surface area contributed by atoms with Crippen molar-refractivity contribution in [1.82, 2.24) is 4.81 Å². The van der Waals surface area contributed by atoms with Crippen molar-refractivity contribution in [3.8, 4) is 0 Å². The van der Waals surface area contributed by atoms with E-state index in [1.54, 1.807) is 0 Å². The predicted octanol–water partition coefficient (Wildman–Crippen LogP) is 1.84. The Hall–Kier alpha value is -0.315. The zero-order valence-electron chi connectivity index (χ0n) is 10.1. The summed E-state index contributed by atoms with van der Waals surface area (Å²) < 4.78 is 11.9. The van der Waals surface area contributed by atoms with Crippen LogP contribution in [0.15, 0.2) is 12.2 Å². The van der Waals surface area contributed by atoms with Crippen molar-refractivity contribution in [3.63, 3.8) is 0 Å². The molecule has 0 aromatic carbocycles. The van der Waals surface area contributed by atoms with Gasteiger partial charge in [-0.25, -0.2) is 0 Å². The third-order valence-electron chi connectivity index (χ3n) is 3.63. The first kappa shape index (κ1) is 11.2. The lowest BCUT2D eigenvalue weighted by molar-refractivity contribution is 0.00578. The lowest BCUT2D eigenvalue weighted by Gasteiger charge is -2.32. The van der Waals surface area contributed by atoms with Gasteiger partial charge in [0.2, 0.25) is 0 Å². The van der Waals surface area contributed by atoms with E-state index in [1.807, 2.05) is 0 Å². The van der Waals surface area contributed by atoms with Gasteiger partial charge in [-0.05, 0) is 40.7 Å². The molecule has 4 heteroatoms. The first-order valence-electron chi connectivity index (χ1n) is 5.67. The van der Waals surface area contributed by atoms with E-state index < -0.39 is 0 Å². The van der Waals surface area contributed by atoms with Crippen LogP contribution < -0.4 is 0 Å². The molecule has 0 saturated carbocycles. The van der Waals surface area contributed by atoms with Crippen LogP contribution in [0, 0.1) is 0 Å². The molecule has 2 rings (SSSR count). The van der Waals surface area contributed by atoms with Crippen molar-refractivity contribution in [2.75, 3.05) is 13.1 Å². The molecule has 1 fully saturated rings. The topological polar surface area (TPSA) is 21.7 Å². The molecule has 2 aliphatic rings. The van der Waals surface area contributed by atoms with E-state index in [0.717, 1.165) is 19.5 Å². The number of hydrogen-bond acceptors (Lipinski definition) is 3. The van der Waals surface area contributed by atoms with Gasteiger partial charge in [0.1, 0.15) is 0 Å². The van der Waals surface area contributed by atoms with Gasteiger partial charge < -0.3 is 9.31 Å². The van der Waals surface area contributed by atoms with E-state index in [1.165, 1.54) is 0 Å². The maximum absolute atomic E-state index is 5.97. The maximum Gasteiger partial charge on any atom is 0.558 e. The minimum atomic E-state index is -0.223. The van der Waals surface area contributed by atoms with Crippen LogP contribution in [0.5, 0.6) is 0 Å². The largest absolute Gasteiger partial charge is 0.558 e. The van der Waals surface area contributed by atoms with Gasteiger partial charge in [0.25, 0.3) is 0 Å². The predicted molar refractivity (Wildman–Crippen MR) is 61.4 cm³/mol. The fourth-order valence-corrected chi connectivity index (χ4v) is 1.81. The Morgan fingerprint density at radius 2 is 1.67 bits per heavy atom. The van der Waals surface area contributed by atoms with Crippen LogP contribution in [0.2, 0.25) is 0 Å². The fourth-order valence-electron chi connectivity index (χ4n) is 1.81. The molecule has 0 spiro atoms. The second-order valence-corrected chi connectivity index (χ2v) is 5.32. The molecule has 0 N–H and O–H groups in total. The van der Waals surface area contributed by atoms with E-state index in [-0.39, 0.29) is 18.5 Å². The molecule has 2 heterocycles. The van der Waals surface area contributed by atoms with Crippen LogP contribution in [-0.4, -0.2) is 36.4 Å². The van der Waals surface area contributed by atoms with Crippen LogP contribution in [-0.2, 0) is 9.31 Å². The average Bonchev–Trinajstić information content (AvgIpc) is 2.38. The molecule has 0 unspecified atom stereocenters. The van der Waals surface area contributed by atoms with E-state index in [4.69, 9.17) is 9.31 Å². The van der Waals surface area contributed by atoms with Crippen LogP contribution in [0.1, 0.15) is 34.1 Å². The monoisotopic (exact) mass is 209 g/mol. The SMILES string of the molecule is CC1(C)OB(N2CC=CCC2)OC1(C)C. The fraction of sp³-hybridized carbons (Fsp3) is 0.818. The third-order valence-corrected chi connectivity index (χ3v) is 3.63. The lowest BCUT2D eigenvalue weighted by Crippen LogP contribution is -2.43. The number of nitrogens with zero attached hydrogens (tertiary/aromatic N) is 1. The van der Waals surface area contributed by atoms with Gasteiger partial charge in [-0.2, -0.15) is 0 Å². The Morgan fingerprint density at radius 1 is 1.07 bits per heavy atom. The highest BCUT2D eigenvalue weighted by Gasteiger charge is 2.53. The molecule has 0 aromatic rings. The van der Waals surface area contributed by atoms with E-state index in [0.29, 0.717) is 0 Å². The molecule has 2 aliphatic heterocycles. The van der Waals surface area contributed by atoms with Gasteiger partial charge in [0.05, 0.1) is 11.2 Å². The van der Waals surface area contributed by atoms with Crippen LogP contribution >= 0.6 is 0 Å². The third kappa shape index (κ3) is 1.98. The second kappa shape index (κ2) is 3.61. The molecule has 3 nitrogen and oxygen atoms in total. The molecular weight excluding hydrogens is 189 g/mol. The van der Waals surface area contributed by atoms with E-state index in [2.05, 4.69) is 44.7 Å². The first-order valence-corrected chi connectivity index (χ1v) is 5.67. The van der Waals surface area contributed by atoms with Gasteiger partial charge in [-0.3, -0.25) is 4.81 Å². The number of hydrogen-bond donors (Lipinski definition) is 0. The van der Waals surface area contributed by atoms with Crippen molar-refractivity contribution in [2.24, 2.45) is 0 Å². The second-order valence-electron chi connectivity index (χ2n) is 5.32. The van der Waals surface area contributed by atoms with Gasteiger partial charge in [0.15, 0.2) is 0 Å². The molecule has 15 heavy (non-hydrogen) atoms. The van der Waals surface area contributed by atoms with Crippen molar-refractivity contribution in [2.45, 2.75) is 45.3 Å². The smallest absolute Gasteiger partial charge is 0.389 e. The van der Waals surface area contributed by atoms with Gasteiger partial charge in [0, 0.05) is 6.54 Å². The maximum atomic E-state index is 5.97. The summed E-state index contributed by atoms with van der Waals surface area (Å²) in [5, 5.41) is 0. The molecule has 84 valence electrons. The summed E-state index contributed by atoms with van der Waals surface area (Å²) in [7, 11) is -0.181. The summed E-state index contributed by atoms with van der Waals surface area (Å²) in [6.07, 6.45) is 5.47. The zero-order chi connectivity index (χ0) is 11.1. The molecule has 0 atom stereocenters. The summed E-state index contributed by atoms with van der Waals surface area (Å²) in [5.74, 6) is 0. The molecule has 0 bridgehead atoms. The molecule has 1 saturated heterocycles. The normalized spacial score (nSPS) is 29.7. The van der Waals surface area contributed by atoms with Crippen LogP contribution in [0.4, 0.5) is 0 Å². The minimum Gasteiger partial charge on any atom is -0.389 e. The highest BCUT2D eigenvalue weighted by molar-refractivity contribution is 6.42. The average molecular weight is 209 g/mol. The Morgan fingerprint density at radius 3 is 2.13 bits per heavy atom. The first-order chi connectivity index (χ1) is 6.92. The molecular formula is C11H20BNO2. The summed E-state index contributed by atoms with van der Waals surface area (Å²) in [5.41, 5.74) is -0.447. The lowest BCUT2D eigenvalue weighted by atomic mass is 9.90. The summed E-state index contributed by atoms with van der Waals surface area (Å²) in [6.45, 7) is 10.3. The van der Waals surface area contributed by atoms with Crippen molar-refractivity contribution in [1.29, 1.82) is 0 Å². The Bertz CT molecular complexity index is 260. The number of rotatable bonds is 1. The van der Waals surface area contributed by atoms with Gasteiger partial charge >= 0.3 is 7.25 Å². The van der Waals surface area contributed by atoms with Gasteiger partial charge in [-0.15, -0.1) is 0 Å². The van der Waals surface area contributed by atoms with Crippen molar-refractivity contribution < 1.29 is 9.31 Å². The van der Waals surface area contributed by atoms with Crippen LogP contribution in [0.25, 0.3) is 0 Å². The summed E-state index contributed by atoms with van der Waals surface area (Å²) >= 11 is 0. The van der Waals surface area contributed by atoms with E-state index >= 15 is 0 Å². The summed E-state index contributed by atoms with van der Waals surface area (Å²) in [4.78, 5) is 2.23. The Balaban J connectivity index is 2.05. The Kier molecular flexibility index (Phi) is 2.69. The molecule has 0 aromatic heterocycles. The standard InChI is InChI=1S/C11H20BNO2/c1-10(2)11(3,4)15-12(14-10)13-8-6-5-7-9-13/h5-6H,7-9H2,1-4H3. The molecule has 0 aliphatic carbocycles. The quantitative estimate of drug-likeness (QED) is 0.485. The summed E-state index contributed by atoms with van der Waals surface area (Å²) in [6, 6.07) is 0. The Labute approximate surface area is 92.6 Å². The van der Waals surface area contributed by atoms with E-state index in [9.17, 15) is 0 Å². The van der Waals surface area contributed by atoms with Crippen molar-refractivity contribution in [3.05, 3.63) is 12.2 Å². The highest BCUT2D eigenvalue weighted by Crippen LogP contribution is 2.37.